The Hall–Kier alpha value is -2.28. The van der Waals surface area contributed by atoms with Gasteiger partial charge in [-0.25, -0.2) is 31.2 Å². The van der Waals surface area contributed by atoms with Gasteiger partial charge in [-0.3, -0.25) is 9.59 Å². The zero-order chi connectivity index (χ0) is 15.4. The Morgan fingerprint density at radius 3 is 1.40 bits per heavy atom. The third-order valence-electron chi connectivity index (χ3n) is 2.65. The van der Waals surface area contributed by atoms with E-state index in [1.807, 2.05) is 0 Å². The maximum absolute atomic E-state index is 12.1. The highest BCUT2D eigenvalue weighted by atomic mass is 16.6. The number of imide groups is 2. The molecule has 0 aliphatic carbocycles. The Balaban J connectivity index is 3.24. The van der Waals surface area contributed by atoms with E-state index in [-0.39, 0.29) is 0 Å². The number of primary amides is 2. The lowest BCUT2D eigenvalue weighted by molar-refractivity contribution is -0.159. The molecule has 0 unspecified atom stereocenters. The molecule has 20 heavy (non-hydrogen) atoms. The van der Waals surface area contributed by atoms with Crippen molar-refractivity contribution in [1.82, 2.24) is 9.80 Å². The Morgan fingerprint density at radius 2 is 1.20 bits per heavy atom. The summed E-state index contributed by atoms with van der Waals surface area (Å²) in [5, 5.41) is 0. The fourth-order valence-electron chi connectivity index (χ4n) is 1.85. The first-order valence-electron chi connectivity index (χ1n) is 5.25. The first-order valence-corrected chi connectivity index (χ1v) is 5.25. The van der Waals surface area contributed by atoms with Gasteiger partial charge in [0.05, 0.1) is 13.2 Å². The van der Waals surface area contributed by atoms with Gasteiger partial charge in [0, 0.05) is 0 Å². The van der Waals surface area contributed by atoms with Gasteiger partial charge < -0.3 is 21.1 Å². The minimum Gasteiger partial charge on any atom is -0.351 e. The van der Waals surface area contributed by atoms with E-state index < -0.39 is 49.2 Å². The van der Waals surface area contributed by atoms with Crippen molar-refractivity contribution >= 4 is 23.9 Å². The number of carbonyl (C=O) groups is 4. The summed E-state index contributed by atoms with van der Waals surface area (Å²) in [5.41, 5.74) is 10.1. The second-order valence-electron chi connectivity index (χ2n) is 3.79. The lowest BCUT2D eigenvalue weighted by atomic mass is 10.1. The standard InChI is InChI=1S/C8H14N6O6/c9-7(17)13-3(1-19-11)5(15)14(8(10)18)4(2-20-12)6(13)16/h3-4H,1-2,11-12H2,(H2,9,17)(H2,10,18)/t3-,4-/m1/s1. The Bertz CT molecular complexity index is 401. The molecule has 1 aliphatic rings. The van der Waals surface area contributed by atoms with Gasteiger partial charge in [-0.05, 0) is 0 Å². The zero-order valence-electron chi connectivity index (χ0n) is 10.2. The van der Waals surface area contributed by atoms with Gasteiger partial charge in [-0.15, -0.1) is 0 Å². The molecule has 112 valence electrons. The molecule has 1 fully saturated rings. The van der Waals surface area contributed by atoms with Crippen LogP contribution < -0.4 is 23.3 Å². The van der Waals surface area contributed by atoms with Crippen molar-refractivity contribution in [1.29, 1.82) is 0 Å². The Morgan fingerprint density at radius 1 is 0.900 bits per heavy atom. The second kappa shape index (κ2) is 6.25. The summed E-state index contributed by atoms with van der Waals surface area (Å²) in [6.45, 7) is -1.10. The number of carbonyl (C=O) groups excluding carboxylic acids is 4. The third-order valence-corrected chi connectivity index (χ3v) is 2.65. The van der Waals surface area contributed by atoms with Crippen LogP contribution in [0.2, 0.25) is 0 Å². The molecule has 1 saturated heterocycles. The molecule has 0 bridgehead atoms. The molecule has 0 aromatic heterocycles. The number of hydrogen-bond acceptors (Lipinski definition) is 8. The van der Waals surface area contributed by atoms with Crippen molar-refractivity contribution in [3.05, 3.63) is 0 Å². The average Bonchev–Trinajstić information content (AvgIpc) is 2.35. The van der Waals surface area contributed by atoms with Crippen LogP contribution in [0.5, 0.6) is 0 Å². The summed E-state index contributed by atoms with van der Waals surface area (Å²) in [4.78, 5) is 56.1. The molecule has 6 amide bonds. The molecule has 0 aromatic carbocycles. The van der Waals surface area contributed by atoms with E-state index >= 15 is 0 Å². The van der Waals surface area contributed by atoms with Crippen LogP contribution in [-0.4, -0.2) is 59.0 Å². The van der Waals surface area contributed by atoms with Crippen molar-refractivity contribution in [3.63, 3.8) is 0 Å². The summed E-state index contributed by atoms with van der Waals surface area (Å²) in [6, 6.07) is -5.41. The lowest BCUT2D eigenvalue weighted by Gasteiger charge is -2.40. The van der Waals surface area contributed by atoms with E-state index in [9.17, 15) is 19.2 Å². The number of nitrogens with two attached hydrogens (primary N) is 4. The summed E-state index contributed by atoms with van der Waals surface area (Å²) in [7, 11) is 0. The first-order chi connectivity index (χ1) is 9.36. The monoisotopic (exact) mass is 290 g/mol. The topological polar surface area (TPSA) is 197 Å². The molecule has 0 aromatic rings. The molecule has 8 N–H and O–H groups in total. The second-order valence-corrected chi connectivity index (χ2v) is 3.79. The summed E-state index contributed by atoms with van der Waals surface area (Å²) in [6.07, 6.45) is 0. The van der Waals surface area contributed by atoms with Crippen LogP contribution in [0.15, 0.2) is 0 Å². The molecule has 12 heteroatoms. The van der Waals surface area contributed by atoms with Crippen molar-refractivity contribution < 1.29 is 28.9 Å². The van der Waals surface area contributed by atoms with E-state index in [4.69, 9.17) is 23.3 Å². The van der Waals surface area contributed by atoms with Gasteiger partial charge in [-0.1, -0.05) is 0 Å². The maximum atomic E-state index is 12.1. The number of rotatable bonds is 4. The van der Waals surface area contributed by atoms with Crippen LogP contribution in [0.1, 0.15) is 0 Å². The van der Waals surface area contributed by atoms with E-state index in [1.54, 1.807) is 0 Å². The Kier molecular flexibility index (Phi) is 4.93. The van der Waals surface area contributed by atoms with E-state index in [1.165, 1.54) is 0 Å². The fourth-order valence-corrected chi connectivity index (χ4v) is 1.85. The normalized spacial score (nSPS) is 23.1. The predicted octanol–water partition coefficient (Wildman–Crippen LogP) is -3.67. The largest absolute Gasteiger partial charge is 0.351 e. The lowest BCUT2D eigenvalue weighted by Crippen LogP contribution is -2.71. The molecule has 0 spiro atoms. The van der Waals surface area contributed by atoms with Gasteiger partial charge in [-0.2, -0.15) is 0 Å². The van der Waals surface area contributed by atoms with Crippen LogP contribution in [0.3, 0.4) is 0 Å². The van der Waals surface area contributed by atoms with Crippen molar-refractivity contribution in [3.8, 4) is 0 Å². The minimum absolute atomic E-state index is 0.415. The molecule has 1 heterocycles. The third kappa shape index (κ3) is 2.67. The molecular weight excluding hydrogens is 276 g/mol. The number of nitrogens with zero attached hydrogens (tertiary/aromatic N) is 2. The minimum atomic E-state index is -1.49. The molecule has 12 nitrogen and oxygen atoms in total. The highest BCUT2D eigenvalue weighted by Crippen LogP contribution is 2.18. The summed E-state index contributed by atoms with van der Waals surface area (Å²) < 4.78 is 0. The smallest absolute Gasteiger partial charge is 0.322 e. The zero-order valence-corrected chi connectivity index (χ0v) is 10.2. The highest BCUT2D eigenvalue weighted by Gasteiger charge is 2.50. The molecular formula is C8H14N6O6. The quantitative estimate of drug-likeness (QED) is 0.379. The molecule has 1 aliphatic heterocycles. The average molecular weight is 290 g/mol. The van der Waals surface area contributed by atoms with Crippen molar-refractivity contribution in [2.45, 2.75) is 12.1 Å². The van der Waals surface area contributed by atoms with Crippen molar-refractivity contribution in [2.75, 3.05) is 13.2 Å². The van der Waals surface area contributed by atoms with Crippen LogP contribution in [-0.2, 0) is 19.3 Å². The number of amides is 6. The van der Waals surface area contributed by atoms with Crippen molar-refractivity contribution in [2.24, 2.45) is 23.3 Å². The SMILES string of the molecule is NOC[C@@H]1C(=O)N(C(N)=O)[C@H](CON)C(=O)N1C(N)=O. The summed E-state index contributed by atoms with van der Waals surface area (Å²) >= 11 is 0. The van der Waals surface area contributed by atoms with Gasteiger partial charge >= 0.3 is 12.1 Å². The Labute approximate surface area is 112 Å². The first kappa shape index (κ1) is 15.8. The summed E-state index contributed by atoms with van der Waals surface area (Å²) in [5.74, 6) is 7.68. The van der Waals surface area contributed by atoms with E-state index in [0.717, 1.165) is 0 Å². The van der Waals surface area contributed by atoms with Gasteiger partial charge in [0.25, 0.3) is 11.8 Å². The number of hydrogen-bond donors (Lipinski definition) is 4. The van der Waals surface area contributed by atoms with Gasteiger partial charge in [0.1, 0.15) is 12.1 Å². The highest BCUT2D eigenvalue weighted by molar-refractivity contribution is 6.11. The van der Waals surface area contributed by atoms with Crippen LogP contribution >= 0.6 is 0 Å². The van der Waals surface area contributed by atoms with Crippen LogP contribution in [0, 0.1) is 0 Å². The van der Waals surface area contributed by atoms with E-state index in [0.29, 0.717) is 9.80 Å². The number of urea groups is 2. The van der Waals surface area contributed by atoms with Crippen LogP contribution in [0.25, 0.3) is 0 Å². The van der Waals surface area contributed by atoms with E-state index in [2.05, 4.69) is 9.68 Å². The molecule has 1 rings (SSSR count). The predicted molar refractivity (Wildman–Crippen MR) is 60.7 cm³/mol. The maximum Gasteiger partial charge on any atom is 0.322 e. The van der Waals surface area contributed by atoms with Gasteiger partial charge in [0.2, 0.25) is 0 Å². The molecule has 2 atom stereocenters. The van der Waals surface area contributed by atoms with Gasteiger partial charge in [0.15, 0.2) is 0 Å². The number of piperazine rings is 1. The molecule has 0 saturated carbocycles. The van der Waals surface area contributed by atoms with Crippen LogP contribution in [0.4, 0.5) is 9.59 Å². The fraction of sp³-hybridized carbons (Fsp3) is 0.500. The molecule has 0 radical (unpaired) electrons.